The number of benzene rings is 1. The topological polar surface area (TPSA) is 55.7 Å². The molecule has 0 unspecified atom stereocenters. The van der Waals surface area contributed by atoms with Crippen molar-refractivity contribution in [2.24, 2.45) is 0 Å². The van der Waals surface area contributed by atoms with Gasteiger partial charge in [-0.2, -0.15) is 11.8 Å². The summed E-state index contributed by atoms with van der Waals surface area (Å²) in [6, 6.07) is 9.59. The SMILES string of the molecule is S=C(NCCCSCc1ccco1)Nc1ccc2c(c1)OCO2. The summed E-state index contributed by atoms with van der Waals surface area (Å²) in [6.07, 6.45) is 2.74. The number of thioether (sulfide) groups is 1. The molecule has 0 fully saturated rings. The third kappa shape index (κ3) is 4.80. The number of nitrogens with one attached hydrogen (secondary N) is 2. The summed E-state index contributed by atoms with van der Waals surface area (Å²) in [5.74, 6) is 4.49. The first kappa shape index (κ1) is 16.0. The van der Waals surface area contributed by atoms with Gasteiger partial charge in [0, 0.05) is 18.3 Å². The molecule has 0 aliphatic carbocycles. The highest BCUT2D eigenvalue weighted by Gasteiger charge is 2.13. The Bertz CT molecular complexity index is 647. The van der Waals surface area contributed by atoms with Crippen LogP contribution in [0.25, 0.3) is 0 Å². The van der Waals surface area contributed by atoms with Gasteiger partial charge in [-0.05, 0) is 48.7 Å². The third-order valence-electron chi connectivity index (χ3n) is 3.21. The highest BCUT2D eigenvalue weighted by molar-refractivity contribution is 7.98. The average molecular weight is 350 g/mol. The normalized spacial score (nSPS) is 12.2. The minimum Gasteiger partial charge on any atom is -0.468 e. The lowest BCUT2D eigenvalue weighted by atomic mass is 10.3. The van der Waals surface area contributed by atoms with E-state index in [1.54, 1.807) is 6.26 Å². The van der Waals surface area contributed by atoms with Gasteiger partial charge in [0.1, 0.15) is 5.76 Å². The minimum absolute atomic E-state index is 0.275. The van der Waals surface area contributed by atoms with Crippen molar-refractivity contribution in [1.82, 2.24) is 5.32 Å². The van der Waals surface area contributed by atoms with Gasteiger partial charge in [-0.1, -0.05) is 0 Å². The zero-order valence-electron chi connectivity index (χ0n) is 12.5. The second-order valence-corrected chi connectivity index (χ2v) is 6.45. The van der Waals surface area contributed by atoms with E-state index in [2.05, 4.69) is 10.6 Å². The van der Waals surface area contributed by atoms with E-state index in [4.69, 9.17) is 26.1 Å². The molecule has 1 aliphatic heterocycles. The number of furan rings is 1. The molecule has 0 bridgehead atoms. The molecule has 2 N–H and O–H groups in total. The van der Waals surface area contributed by atoms with Crippen LogP contribution in [-0.2, 0) is 5.75 Å². The van der Waals surface area contributed by atoms with Gasteiger partial charge in [0.25, 0.3) is 0 Å². The smallest absolute Gasteiger partial charge is 0.231 e. The fourth-order valence-corrected chi connectivity index (χ4v) is 3.17. The summed E-state index contributed by atoms with van der Waals surface area (Å²) < 4.78 is 15.9. The summed E-state index contributed by atoms with van der Waals surface area (Å²) in [5.41, 5.74) is 0.888. The van der Waals surface area contributed by atoms with Crippen molar-refractivity contribution in [1.29, 1.82) is 0 Å². The number of ether oxygens (including phenoxy) is 2. The Balaban J connectivity index is 1.30. The predicted molar refractivity (Wildman–Crippen MR) is 96.3 cm³/mol. The van der Waals surface area contributed by atoms with Crippen LogP contribution in [-0.4, -0.2) is 24.2 Å². The zero-order valence-corrected chi connectivity index (χ0v) is 14.2. The average Bonchev–Trinajstić information content (AvgIpc) is 3.21. The zero-order chi connectivity index (χ0) is 15.9. The highest BCUT2D eigenvalue weighted by atomic mass is 32.2. The van der Waals surface area contributed by atoms with E-state index in [9.17, 15) is 0 Å². The van der Waals surface area contributed by atoms with Gasteiger partial charge >= 0.3 is 0 Å². The standard InChI is InChI=1S/C16H18N2O3S2/c22-16(17-6-2-8-23-10-13-3-1-7-19-13)18-12-4-5-14-15(9-12)21-11-20-14/h1,3-5,7,9H,2,6,8,10-11H2,(H2,17,18,22). The number of anilines is 1. The van der Waals surface area contributed by atoms with Crippen LogP contribution in [0.2, 0.25) is 0 Å². The molecule has 0 amide bonds. The van der Waals surface area contributed by atoms with Crippen molar-refractivity contribution in [2.45, 2.75) is 12.2 Å². The van der Waals surface area contributed by atoms with Gasteiger partial charge in [-0.25, -0.2) is 0 Å². The van der Waals surface area contributed by atoms with E-state index in [0.717, 1.165) is 47.4 Å². The lowest BCUT2D eigenvalue weighted by Gasteiger charge is -2.10. The van der Waals surface area contributed by atoms with Crippen LogP contribution in [0.4, 0.5) is 5.69 Å². The first-order chi connectivity index (χ1) is 11.3. The molecule has 0 atom stereocenters. The van der Waals surface area contributed by atoms with E-state index in [0.29, 0.717) is 5.11 Å². The Hall–Kier alpha value is -1.86. The number of rotatable bonds is 7. The Morgan fingerprint density at radius 1 is 1.22 bits per heavy atom. The summed E-state index contributed by atoms with van der Waals surface area (Å²) in [4.78, 5) is 0. The van der Waals surface area contributed by atoms with Gasteiger partial charge in [-0.3, -0.25) is 0 Å². The van der Waals surface area contributed by atoms with E-state index < -0.39 is 0 Å². The molecule has 5 nitrogen and oxygen atoms in total. The largest absolute Gasteiger partial charge is 0.468 e. The first-order valence-electron chi connectivity index (χ1n) is 7.36. The molecular formula is C16H18N2O3S2. The van der Waals surface area contributed by atoms with E-state index in [-0.39, 0.29) is 6.79 Å². The van der Waals surface area contributed by atoms with Crippen LogP contribution >= 0.6 is 24.0 Å². The molecule has 0 radical (unpaired) electrons. The van der Waals surface area contributed by atoms with Crippen molar-refractivity contribution in [3.63, 3.8) is 0 Å². The Labute approximate surface area is 144 Å². The summed E-state index contributed by atoms with van der Waals surface area (Å²) in [5, 5.41) is 6.96. The molecule has 0 saturated carbocycles. The second-order valence-electron chi connectivity index (χ2n) is 4.93. The maximum absolute atomic E-state index is 5.34. The fourth-order valence-electron chi connectivity index (χ4n) is 2.09. The molecule has 7 heteroatoms. The van der Waals surface area contributed by atoms with Crippen molar-refractivity contribution in [3.05, 3.63) is 42.4 Å². The Morgan fingerprint density at radius 3 is 3.00 bits per heavy atom. The number of thiocarbonyl (C=S) groups is 1. The monoisotopic (exact) mass is 350 g/mol. The quantitative estimate of drug-likeness (QED) is 0.584. The molecule has 1 aromatic carbocycles. The molecular weight excluding hydrogens is 332 g/mol. The Kier molecular flexibility index (Phi) is 5.65. The predicted octanol–water partition coefficient (Wildman–Crippen LogP) is 3.62. The van der Waals surface area contributed by atoms with Crippen molar-refractivity contribution in [3.8, 4) is 11.5 Å². The number of fused-ring (bicyclic) bond motifs is 1. The van der Waals surface area contributed by atoms with E-state index in [1.165, 1.54) is 0 Å². The maximum Gasteiger partial charge on any atom is 0.231 e. The van der Waals surface area contributed by atoms with E-state index >= 15 is 0 Å². The molecule has 1 aliphatic rings. The third-order valence-corrected chi connectivity index (χ3v) is 4.52. The van der Waals surface area contributed by atoms with Crippen molar-refractivity contribution >= 4 is 34.8 Å². The summed E-state index contributed by atoms with van der Waals surface area (Å²) in [6.45, 7) is 1.11. The van der Waals surface area contributed by atoms with Crippen LogP contribution in [0.15, 0.2) is 41.0 Å². The van der Waals surface area contributed by atoms with Crippen molar-refractivity contribution in [2.75, 3.05) is 24.4 Å². The molecule has 2 heterocycles. The maximum atomic E-state index is 5.34. The van der Waals surface area contributed by atoms with Crippen LogP contribution < -0.4 is 20.1 Å². The van der Waals surface area contributed by atoms with Gasteiger partial charge in [-0.15, -0.1) is 0 Å². The fraction of sp³-hybridized carbons (Fsp3) is 0.312. The van der Waals surface area contributed by atoms with Crippen LogP contribution in [0.1, 0.15) is 12.2 Å². The minimum atomic E-state index is 0.275. The van der Waals surface area contributed by atoms with Crippen LogP contribution in [0.5, 0.6) is 11.5 Å². The van der Waals surface area contributed by atoms with Crippen LogP contribution in [0.3, 0.4) is 0 Å². The number of hydrogen-bond donors (Lipinski definition) is 2. The molecule has 23 heavy (non-hydrogen) atoms. The van der Waals surface area contributed by atoms with Crippen molar-refractivity contribution < 1.29 is 13.9 Å². The molecule has 122 valence electrons. The molecule has 0 saturated heterocycles. The van der Waals surface area contributed by atoms with Gasteiger partial charge in [0.05, 0.1) is 12.0 Å². The van der Waals surface area contributed by atoms with Gasteiger partial charge < -0.3 is 24.5 Å². The first-order valence-corrected chi connectivity index (χ1v) is 8.92. The summed E-state index contributed by atoms with van der Waals surface area (Å²) >= 11 is 7.14. The second kappa shape index (κ2) is 8.12. The van der Waals surface area contributed by atoms with Gasteiger partial charge in [0.15, 0.2) is 16.6 Å². The Morgan fingerprint density at radius 2 is 2.13 bits per heavy atom. The molecule has 1 aromatic heterocycles. The van der Waals surface area contributed by atoms with Crippen LogP contribution in [0, 0.1) is 0 Å². The number of hydrogen-bond acceptors (Lipinski definition) is 5. The molecule has 3 rings (SSSR count). The molecule has 0 spiro atoms. The highest BCUT2D eigenvalue weighted by Crippen LogP contribution is 2.34. The summed E-state index contributed by atoms with van der Waals surface area (Å²) in [7, 11) is 0. The lowest BCUT2D eigenvalue weighted by molar-refractivity contribution is 0.174. The van der Waals surface area contributed by atoms with E-state index in [1.807, 2.05) is 42.1 Å². The lowest BCUT2D eigenvalue weighted by Crippen LogP contribution is -2.29. The molecule has 2 aromatic rings. The van der Waals surface area contributed by atoms with Gasteiger partial charge in [0.2, 0.25) is 6.79 Å².